The van der Waals surface area contributed by atoms with Crippen molar-refractivity contribution in [3.8, 4) is 11.5 Å². The van der Waals surface area contributed by atoms with Crippen LogP contribution in [0.3, 0.4) is 0 Å². The van der Waals surface area contributed by atoms with Crippen molar-refractivity contribution >= 4 is 11.6 Å². The van der Waals surface area contributed by atoms with Gasteiger partial charge in [-0.1, -0.05) is 12.1 Å². The molecule has 0 aliphatic carbocycles. The molecule has 0 unspecified atom stereocenters. The van der Waals surface area contributed by atoms with E-state index >= 15 is 0 Å². The van der Waals surface area contributed by atoms with Crippen molar-refractivity contribution in [2.24, 2.45) is 5.73 Å². The number of nitrogens with one attached hydrogen (secondary N) is 1. The topological polar surface area (TPSA) is 73.6 Å². The zero-order chi connectivity index (χ0) is 20.7. The summed E-state index contributed by atoms with van der Waals surface area (Å²) in [5.74, 6) is 0.174. The first-order valence-electron chi connectivity index (χ1n) is 8.38. The average Bonchev–Trinajstić information content (AvgIpc) is 2.66. The lowest BCUT2D eigenvalue weighted by Crippen LogP contribution is -2.21. The lowest BCUT2D eigenvalue weighted by Gasteiger charge is -2.14. The van der Waals surface area contributed by atoms with E-state index in [1.807, 2.05) is 0 Å². The standard InChI is InChI=1S/C20H21F3N2O3/c1-3-4-13-5-6-17(18(9-13)27-2)28-12-19(26)25-16-8-14(11-24)7-15(10-16)20(21,22)23/h3,5-10H,1,4,11-12,24H2,2H3,(H,25,26). The average molecular weight is 394 g/mol. The Kier molecular flexibility index (Phi) is 7.06. The third-order valence-corrected chi connectivity index (χ3v) is 3.81. The largest absolute Gasteiger partial charge is 0.493 e. The first-order chi connectivity index (χ1) is 13.3. The Hall–Kier alpha value is -3.00. The van der Waals surface area contributed by atoms with Gasteiger partial charge in [-0.25, -0.2) is 0 Å². The highest BCUT2D eigenvalue weighted by molar-refractivity contribution is 5.92. The molecule has 0 atom stereocenters. The summed E-state index contributed by atoms with van der Waals surface area (Å²) in [5.41, 5.74) is 5.77. The highest BCUT2D eigenvalue weighted by atomic mass is 19.4. The van der Waals surface area contributed by atoms with Gasteiger partial charge in [0.25, 0.3) is 5.91 Å². The van der Waals surface area contributed by atoms with Gasteiger partial charge in [0.1, 0.15) is 0 Å². The fourth-order valence-electron chi connectivity index (χ4n) is 2.51. The first kappa shape index (κ1) is 21.3. The quantitative estimate of drug-likeness (QED) is 0.666. The summed E-state index contributed by atoms with van der Waals surface area (Å²) in [7, 11) is 1.47. The van der Waals surface area contributed by atoms with Gasteiger partial charge in [-0.15, -0.1) is 6.58 Å². The van der Waals surface area contributed by atoms with Crippen LogP contribution < -0.4 is 20.5 Å². The maximum absolute atomic E-state index is 13.0. The predicted molar refractivity (Wildman–Crippen MR) is 100 cm³/mol. The molecule has 28 heavy (non-hydrogen) atoms. The maximum atomic E-state index is 13.0. The molecule has 5 nitrogen and oxygen atoms in total. The second kappa shape index (κ2) is 9.27. The smallest absolute Gasteiger partial charge is 0.416 e. The molecule has 0 radical (unpaired) electrons. The Labute approximate surface area is 160 Å². The number of hydrogen-bond donors (Lipinski definition) is 2. The van der Waals surface area contributed by atoms with Gasteiger partial charge in [-0.2, -0.15) is 13.2 Å². The number of nitrogens with two attached hydrogens (primary N) is 1. The van der Waals surface area contributed by atoms with E-state index in [9.17, 15) is 18.0 Å². The number of carbonyl (C=O) groups is 1. The number of amides is 1. The van der Waals surface area contributed by atoms with E-state index in [4.69, 9.17) is 15.2 Å². The molecule has 0 spiro atoms. The number of methoxy groups -OCH3 is 1. The van der Waals surface area contributed by atoms with Crippen LogP contribution in [0.25, 0.3) is 0 Å². The van der Waals surface area contributed by atoms with Crippen molar-refractivity contribution in [2.75, 3.05) is 19.0 Å². The summed E-state index contributed by atoms with van der Waals surface area (Å²) < 4.78 is 49.6. The predicted octanol–water partition coefficient (Wildman–Crippen LogP) is 3.92. The lowest BCUT2D eigenvalue weighted by molar-refractivity contribution is -0.137. The molecule has 0 fully saturated rings. The molecule has 2 aromatic carbocycles. The third kappa shape index (κ3) is 5.75. The monoisotopic (exact) mass is 394 g/mol. The molecule has 2 aromatic rings. The van der Waals surface area contributed by atoms with Crippen LogP contribution in [0.4, 0.5) is 18.9 Å². The molecule has 8 heteroatoms. The second-order valence-corrected chi connectivity index (χ2v) is 5.94. The van der Waals surface area contributed by atoms with Crippen LogP contribution in [0.1, 0.15) is 16.7 Å². The van der Waals surface area contributed by atoms with Crippen molar-refractivity contribution < 1.29 is 27.4 Å². The minimum absolute atomic E-state index is 0.00262. The van der Waals surface area contributed by atoms with Crippen LogP contribution in [-0.2, 0) is 23.9 Å². The molecule has 0 saturated heterocycles. The van der Waals surface area contributed by atoms with Gasteiger partial charge in [0.2, 0.25) is 0 Å². The van der Waals surface area contributed by atoms with Crippen molar-refractivity contribution in [3.63, 3.8) is 0 Å². The van der Waals surface area contributed by atoms with Crippen molar-refractivity contribution in [3.05, 3.63) is 65.7 Å². The van der Waals surface area contributed by atoms with E-state index in [0.29, 0.717) is 17.9 Å². The number of benzene rings is 2. The lowest BCUT2D eigenvalue weighted by atomic mass is 10.1. The van der Waals surface area contributed by atoms with Gasteiger partial charge in [0.15, 0.2) is 18.1 Å². The van der Waals surface area contributed by atoms with Crippen molar-refractivity contribution in [2.45, 2.75) is 19.1 Å². The zero-order valence-corrected chi connectivity index (χ0v) is 15.3. The van der Waals surface area contributed by atoms with Crippen LogP contribution >= 0.6 is 0 Å². The van der Waals surface area contributed by atoms with Crippen LogP contribution in [0.2, 0.25) is 0 Å². The zero-order valence-electron chi connectivity index (χ0n) is 15.3. The molecule has 2 rings (SSSR count). The van der Waals surface area contributed by atoms with Gasteiger partial charge in [0.05, 0.1) is 12.7 Å². The molecule has 0 saturated carbocycles. The molecule has 0 bridgehead atoms. The molecular weight excluding hydrogens is 373 g/mol. The summed E-state index contributed by atoms with van der Waals surface area (Å²) in [5, 5.41) is 2.39. The minimum Gasteiger partial charge on any atom is -0.493 e. The van der Waals surface area contributed by atoms with E-state index in [1.165, 1.54) is 13.2 Å². The normalized spacial score (nSPS) is 11.0. The number of carbonyl (C=O) groups excluding carboxylic acids is 1. The van der Waals surface area contributed by atoms with Gasteiger partial charge >= 0.3 is 6.18 Å². The number of halogens is 3. The van der Waals surface area contributed by atoms with Crippen molar-refractivity contribution in [1.29, 1.82) is 0 Å². The minimum atomic E-state index is -4.54. The highest BCUT2D eigenvalue weighted by Crippen LogP contribution is 2.32. The Balaban J connectivity index is 2.08. The summed E-state index contributed by atoms with van der Waals surface area (Å²) in [4.78, 5) is 12.1. The Bertz CT molecular complexity index is 851. The fraction of sp³-hybridized carbons (Fsp3) is 0.250. The van der Waals surface area contributed by atoms with Gasteiger partial charge in [0, 0.05) is 12.2 Å². The molecule has 3 N–H and O–H groups in total. The van der Waals surface area contributed by atoms with E-state index in [1.54, 1.807) is 24.3 Å². The fourth-order valence-corrected chi connectivity index (χ4v) is 2.51. The number of anilines is 1. The van der Waals surface area contributed by atoms with Crippen LogP contribution in [0.5, 0.6) is 11.5 Å². The summed E-state index contributed by atoms with van der Waals surface area (Å²) >= 11 is 0. The van der Waals surface area contributed by atoms with E-state index in [2.05, 4.69) is 11.9 Å². The Morgan fingerprint density at radius 1 is 1.18 bits per heavy atom. The highest BCUT2D eigenvalue weighted by Gasteiger charge is 2.31. The molecule has 0 heterocycles. The SMILES string of the molecule is C=CCc1ccc(OCC(=O)Nc2cc(CN)cc(C(F)(F)F)c2)c(OC)c1. The number of rotatable bonds is 8. The van der Waals surface area contributed by atoms with Crippen LogP contribution in [0.15, 0.2) is 49.1 Å². The first-order valence-corrected chi connectivity index (χ1v) is 8.38. The number of allylic oxidation sites excluding steroid dienone is 1. The Morgan fingerprint density at radius 2 is 1.93 bits per heavy atom. The third-order valence-electron chi connectivity index (χ3n) is 3.81. The van der Waals surface area contributed by atoms with E-state index in [-0.39, 0.29) is 17.8 Å². The van der Waals surface area contributed by atoms with E-state index in [0.717, 1.165) is 17.7 Å². The molecule has 0 aliphatic heterocycles. The summed E-state index contributed by atoms with van der Waals surface area (Å²) in [6, 6.07) is 8.40. The molecule has 0 aromatic heterocycles. The molecule has 1 amide bonds. The Morgan fingerprint density at radius 3 is 2.54 bits per heavy atom. The van der Waals surface area contributed by atoms with Crippen molar-refractivity contribution in [1.82, 2.24) is 0 Å². The van der Waals surface area contributed by atoms with E-state index < -0.39 is 24.3 Å². The van der Waals surface area contributed by atoms with Gasteiger partial charge < -0.3 is 20.5 Å². The summed E-state index contributed by atoms with van der Waals surface area (Å²) in [6.45, 7) is 3.18. The van der Waals surface area contributed by atoms with Crippen LogP contribution in [-0.4, -0.2) is 19.6 Å². The van der Waals surface area contributed by atoms with Crippen LogP contribution in [0, 0.1) is 0 Å². The van der Waals surface area contributed by atoms with Gasteiger partial charge in [-0.3, -0.25) is 4.79 Å². The second-order valence-electron chi connectivity index (χ2n) is 5.94. The molecule has 150 valence electrons. The molecule has 0 aliphatic rings. The number of alkyl halides is 3. The number of hydrogen-bond acceptors (Lipinski definition) is 4. The maximum Gasteiger partial charge on any atom is 0.416 e. The summed E-state index contributed by atoms with van der Waals surface area (Å²) in [6.07, 6.45) is -2.15. The number of ether oxygens (including phenoxy) is 2. The van der Waals surface area contributed by atoms with Gasteiger partial charge in [-0.05, 0) is 47.9 Å². The molecular formula is C20H21F3N2O3.